The average Bonchev–Trinajstić information content (AvgIpc) is 2.83. The van der Waals surface area contributed by atoms with Gasteiger partial charge < -0.3 is 10.2 Å². The van der Waals surface area contributed by atoms with Crippen LogP contribution in [0.4, 0.5) is 11.9 Å². The van der Waals surface area contributed by atoms with Gasteiger partial charge in [-0.1, -0.05) is 36.4 Å². The molecule has 0 bridgehead atoms. The molecular formula is C24H24N6. The molecule has 5 rings (SSSR count). The first kappa shape index (κ1) is 18.5. The summed E-state index contributed by atoms with van der Waals surface area (Å²) < 4.78 is 0. The second-order valence-corrected chi connectivity index (χ2v) is 7.69. The van der Waals surface area contributed by atoms with Gasteiger partial charge in [0.15, 0.2) is 0 Å². The highest BCUT2D eigenvalue weighted by atomic mass is 15.3. The summed E-state index contributed by atoms with van der Waals surface area (Å²) >= 11 is 0. The normalized spacial score (nSPS) is 14.7. The Morgan fingerprint density at radius 3 is 2.47 bits per heavy atom. The predicted octanol–water partition coefficient (Wildman–Crippen LogP) is 4.42. The van der Waals surface area contributed by atoms with Crippen LogP contribution in [0.5, 0.6) is 0 Å². The second-order valence-electron chi connectivity index (χ2n) is 7.69. The van der Waals surface area contributed by atoms with E-state index >= 15 is 0 Å². The van der Waals surface area contributed by atoms with Crippen LogP contribution in [0.2, 0.25) is 0 Å². The molecular weight excluding hydrogens is 372 g/mol. The Balaban J connectivity index is 1.24. The van der Waals surface area contributed by atoms with E-state index in [1.54, 1.807) is 12.4 Å². The Hall–Kier alpha value is -3.54. The summed E-state index contributed by atoms with van der Waals surface area (Å²) in [5.41, 5.74) is 2.09. The Bertz CT molecular complexity index is 1120. The zero-order valence-electron chi connectivity index (χ0n) is 16.8. The molecule has 1 N–H and O–H groups in total. The zero-order chi connectivity index (χ0) is 20.2. The van der Waals surface area contributed by atoms with Gasteiger partial charge in [-0.3, -0.25) is 0 Å². The minimum absolute atomic E-state index is 0.605. The van der Waals surface area contributed by atoms with Crippen molar-refractivity contribution in [2.24, 2.45) is 5.92 Å². The van der Waals surface area contributed by atoms with Gasteiger partial charge in [-0.15, -0.1) is 0 Å². The highest BCUT2D eigenvalue weighted by molar-refractivity contribution is 5.86. The smallest absolute Gasteiger partial charge is 0.225 e. The van der Waals surface area contributed by atoms with Crippen molar-refractivity contribution in [1.29, 1.82) is 0 Å². The molecule has 1 fully saturated rings. The summed E-state index contributed by atoms with van der Waals surface area (Å²) in [6.45, 7) is 2.82. The van der Waals surface area contributed by atoms with E-state index in [-0.39, 0.29) is 0 Å². The molecule has 0 unspecified atom stereocenters. The molecule has 0 spiro atoms. The van der Waals surface area contributed by atoms with Gasteiger partial charge in [0, 0.05) is 43.8 Å². The molecule has 1 aliphatic rings. The first-order chi connectivity index (χ1) is 14.8. The van der Waals surface area contributed by atoms with Gasteiger partial charge in [0.05, 0.1) is 5.69 Å². The molecule has 3 heterocycles. The number of nitrogens with zero attached hydrogens (tertiary/aromatic N) is 5. The van der Waals surface area contributed by atoms with Crippen molar-refractivity contribution in [1.82, 2.24) is 19.9 Å². The maximum Gasteiger partial charge on any atom is 0.225 e. The fourth-order valence-corrected chi connectivity index (χ4v) is 3.97. The van der Waals surface area contributed by atoms with Crippen molar-refractivity contribution in [3.05, 3.63) is 73.2 Å². The van der Waals surface area contributed by atoms with Gasteiger partial charge in [0.25, 0.3) is 0 Å². The Labute approximate surface area is 176 Å². The molecule has 0 saturated carbocycles. The maximum absolute atomic E-state index is 4.87. The quantitative estimate of drug-likeness (QED) is 0.539. The van der Waals surface area contributed by atoms with Crippen molar-refractivity contribution in [3.8, 4) is 11.3 Å². The van der Waals surface area contributed by atoms with Crippen LogP contribution in [0.15, 0.2) is 73.2 Å². The molecule has 0 atom stereocenters. The zero-order valence-corrected chi connectivity index (χ0v) is 16.8. The Morgan fingerprint density at radius 1 is 0.833 bits per heavy atom. The van der Waals surface area contributed by atoms with Crippen LogP contribution in [0.25, 0.3) is 22.0 Å². The minimum atomic E-state index is 0.605. The Kier molecular flexibility index (Phi) is 5.21. The van der Waals surface area contributed by atoms with E-state index in [4.69, 9.17) is 4.98 Å². The molecule has 0 radical (unpaired) electrons. The summed E-state index contributed by atoms with van der Waals surface area (Å²) in [6.07, 6.45) is 7.59. The van der Waals surface area contributed by atoms with Gasteiger partial charge >= 0.3 is 0 Å². The fourth-order valence-electron chi connectivity index (χ4n) is 3.97. The lowest BCUT2D eigenvalue weighted by molar-refractivity contribution is 0.419. The molecule has 6 heteroatoms. The molecule has 1 saturated heterocycles. The summed E-state index contributed by atoms with van der Waals surface area (Å²) in [7, 11) is 0. The molecule has 0 aliphatic carbocycles. The number of benzene rings is 2. The predicted molar refractivity (Wildman–Crippen MR) is 120 cm³/mol. The first-order valence-corrected chi connectivity index (χ1v) is 10.4. The molecule has 1 aliphatic heterocycles. The van der Waals surface area contributed by atoms with Gasteiger partial charge in [0.2, 0.25) is 11.9 Å². The van der Waals surface area contributed by atoms with E-state index < -0.39 is 0 Å². The SMILES string of the molecule is c1cnc(NCC2CCN(c3nccc(-c4ccc5ccccc5c4)n3)CC2)nc1. The van der Waals surface area contributed by atoms with Crippen molar-refractivity contribution >= 4 is 22.7 Å². The average molecular weight is 396 g/mol. The molecule has 4 aromatic rings. The second kappa shape index (κ2) is 8.45. The van der Waals surface area contributed by atoms with E-state index in [9.17, 15) is 0 Å². The highest BCUT2D eigenvalue weighted by Gasteiger charge is 2.21. The number of hydrogen-bond donors (Lipinski definition) is 1. The molecule has 2 aromatic carbocycles. The first-order valence-electron chi connectivity index (χ1n) is 10.4. The van der Waals surface area contributed by atoms with Crippen LogP contribution in [-0.2, 0) is 0 Å². The third kappa shape index (κ3) is 4.08. The van der Waals surface area contributed by atoms with Crippen molar-refractivity contribution < 1.29 is 0 Å². The standard InChI is InChI=1S/C24H24N6/c1-2-5-20-16-21(7-6-19(20)4-1)22-8-13-27-24(29-22)30-14-9-18(10-15-30)17-28-23-25-11-3-12-26-23/h1-8,11-13,16,18H,9-10,14-15,17H2,(H,25,26,28). The van der Waals surface area contributed by atoms with Crippen LogP contribution in [0, 0.1) is 5.92 Å². The molecule has 2 aromatic heterocycles. The number of piperidine rings is 1. The fraction of sp³-hybridized carbons (Fsp3) is 0.250. The molecule has 150 valence electrons. The van der Waals surface area contributed by atoms with Crippen LogP contribution >= 0.6 is 0 Å². The third-order valence-electron chi connectivity index (χ3n) is 5.70. The molecule has 6 nitrogen and oxygen atoms in total. The Morgan fingerprint density at radius 2 is 1.63 bits per heavy atom. The van der Waals surface area contributed by atoms with E-state index in [1.807, 2.05) is 18.3 Å². The van der Waals surface area contributed by atoms with E-state index in [0.717, 1.165) is 49.7 Å². The van der Waals surface area contributed by atoms with Crippen LogP contribution in [0.3, 0.4) is 0 Å². The minimum Gasteiger partial charge on any atom is -0.354 e. The highest BCUT2D eigenvalue weighted by Crippen LogP contribution is 2.26. The van der Waals surface area contributed by atoms with E-state index in [1.165, 1.54) is 10.8 Å². The van der Waals surface area contributed by atoms with E-state index in [0.29, 0.717) is 11.9 Å². The summed E-state index contributed by atoms with van der Waals surface area (Å²) in [5, 5.41) is 5.81. The molecule has 0 amide bonds. The van der Waals surface area contributed by atoms with Crippen molar-refractivity contribution in [3.63, 3.8) is 0 Å². The van der Waals surface area contributed by atoms with Gasteiger partial charge in [-0.05, 0) is 47.7 Å². The van der Waals surface area contributed by atoms with Crippen molar-refractivity contribution in [2.75, 3.05) is 29.9 Å². The number of anilines is 2. The van der Waals surface area contributed by atoms with Crippen molar-refractivity contribution in [2.45, 2.75) is 12.8 Å². The largest absolute Gasteiger partial charge is 0.354 e. The number of nitrogens with one attached hydrogen (secondary N) is 1. The lowest BCUT2D eigenvalue weighted by Gasteiger charge is -2.32. The van der Waals surface area contributed by atoms with Crippen LogP contribution < -0.4 is 10.2 Å². The van der Waals surface area contributed by atoms with Gasteiger partial charge in [-0.25, -0.2) is 19.9 Å². The van der Waals surface area contributed by atoms with E-state index in [2.05, 4.69) is 67.6 Å². The number of rotatable bonds is 5. The number of hydrogen-bond acceptors (Lipinski definition) is 6. The number of aromatic nitrogens is 4. The number of fused-ring (bicyclic) bond motifs is 1. The monoisotopic (exact) mass is 396 g/mol. The topological polar surface area (TPSA) is 66.8 Å². The summed E-state index contributed by atoms with van der Waals surface area (Å²) in [6, 6.07) is 18.7. The molecule has 30 heavy (non-hydrogen) atoms. The van der Waals surface area contributed by atoms with Crippen LogP contribution in [0.1, 0.15) is 12.8 Å². The maximum atomic E-state index is 4.87. The third-order valence-corrected chi connectivity index (χ3v) is 5.70. The van der Waals surface area contributed by atoms with Crippen LogP contribution in [-0.4, -0.2) is 39.6 Å². The summed E-state index contributed by atoms with van der Waals surface area (Å²) in [5.74, 6) is 2.12. The lowest BCUT2D eigenvalue weighted by atomic mass is 9.97. The van der Waals surface area contributed by atoms with Gasteiger partial charge in [0.1, 0.15) is 0 Å². The lowest BCUT2D eigenvalue weighted by Crippen LogP contribution is -2.37. The van der Waals surface area contributed by atoms with Gasteiger partial charge in [-0.2, -0.15) is 0 Å². The summed E-state index contributed by atoms with van der Waals surface area (Å²) in [4.78, 5) is 20.2.